The molecule has 0 radical (unpaired) electrons. The Hall–Kier alpha value is -2.67. The maximum atomic E-state index is 5.93. The lowest BCUT2D eigenvalue weighted by molar-refractivity contribution is 0.567. The molecule has 0 aromatic carbocycles. The van der Waals surface area contributed by atoms with Crippen LogP contribution in [0.2, 0.25) is 0 Å². The summed E-state index contributed by atoms with van der Waals surface area (Å²) in [4.78, 5) is 9.03. The number of nitrogens with zero attached hydrogens (tertiary/aromatic N) is 4. The summed E-state index contributed by atoms with van der Waals surface area (Å²) >= 11 is 1.65. The monoisotopic (exact) mass is 325 g/mol. The van der Waals surface area contributed by atoms with Crippen molar-refractivity contribution in [3.63, 3.8) is 0 Å². The summed E-state index contributed by atoms with van der Waals surface area (Å²) in [7, 11) is 0. The van der Waals surface area contributed by atoms with Gasteiger partial charge >= 0.3 is 0 Å². The summed E-state index contributed by atoms with van der Waals surface area (Å²) < 4.78 is 8.01. The predicted octanol–water partition coefficient (Wildman–Crippen LogP) is 3.91. The zero-order chi connectivity index (χ0) is 15.8. The summed E-state index contributed by atoms with van der Waals surface area (Å²) in [6.07, 6.45) is 5.43. The molecule has 6 nitrogen and oxygen atoms in total. The minimum Gasteiger partial charge on any atom is -0.451 e. The maximum Gasteiger partial charge on any atom is 0.176 e. The highest BCUT2D eigenvalue weighted by Gasteiger charge is 2.18. The van der Waals surface area contributed by atoms with Gasteiger partial charge in [-0.2, -0.15) is 5.10 Å². The van der Waals surface area contributed by atoms with E-state index in [1.165, 1.54) is 0 Å². The number of hydrogen-bond donors (Lipinski definition) is 1. The SMILES string of the molecule is Cc1nc(C(C)n2ccnc2-c2ccc(-c3ccn[nH]3)o2)cs1. The van der Waals surface area contributed by atoms with E-state index >= 15 is 0 Å². The highest BCUT2D eigenvalue weighted by atomic mass is 32.1. The number of rotatable bonds is 4. The third-order valence-electron chi connectivity index (χ3n) is 3.74. The number of hydrogen-bond acceptors (Lipinski definition) is 5. The fraction of sp³-hybridized carbons (Fsp3) is 0.188. The smallest absolute Gasteiger partial charge is 0.176 e. The molecule has 7 heteroatoms. The molecule has 0 aliphatic rings. The lowest BCUT2D eigenvalue weighted by Crippen LogP contribution is -2.07. The van der Waals surface area contributed by atoms with Crippen molar-refractivity contribution in [1.82, 2.24) is 24.7 Å². The van der Waals surface area contributed by atoms with Gasteiger partial charge < -0.3 is 8.98 Å². The van der Waals surface area contributed by atoms with Crippen LogP contribution in [0.1, 0.15) is 23.7 Å². The number of imidazole rings is 1. The van der Waals surface area contributed by atoms with Crippen molar-refractivity contribution >= 4 is 11.3 Å². The van der Waals surface area contributed by atoms with Gasteiger partial charge in [-0.05, 0) is 32.0 Å². The second-order valence-electron chi connectivity index (χ2n) is 5.26. The topological polar surface area (TPSA) is 72.5 Å². The summed E-state index contributed by atoms with van der Waals surface area (Å²) in [6, 6.07) is 5.81. The van der Waals surface area contributed by atoms with Crippen molar-refractivity contribution in [3.8, 4) is 23.0 Å². The highest BCUT2D eigenvalue weighted by Crippen LogP contribution is 2.30. The Morgan fingerprint density at radius 2 is 2.09 bits per heavy atom. The number of furan rings is 1. The van der Waals surface area contributed by atoms with Gasteiger partial charge in [0.2, 0.25) is 0 Å². The van der Waals surface area contributed by atoms with E-state index in [2.05, 4.69) is 37.0 Å². The quantitative estimate of drug-likeness (QED) is 0.617. The molecule has 0 spiro atoms. The van der Waals surface area contributed by atoms with E-state index < -0.39 is 0 Å². The van der Waals surface area contributed by atoms with Crippen molar-refractivity contribution in [2.45, 2.75) is 19.9 Å². The standard InChI is InChI=1S/C16H15N5OS/c1-10(13-9-23-11(2)19-13)21-8-7-17-16(21)15-4-3-14(22-15)12-5-6-18-20-12/h3-10H,1-2H3,(H,18,20). The Kier molecular flexibility index (Phi) is 3.34. The van der Waals surface area contributed by atoms with Crippen LogP contribution in [0.5, 0.6) is 0 Å². The molecule has 0 saturated carbocycles. The molecule has 0 bridgehead atoms. The van der Waals surface area contributed by atoms with Gasteiger partial charge in [0.05, 0.1) is 16.7 Å². The number of thiazole rings is 1. The average Bonchev–Trinajstić information content (AvgIpc) is 3.30. The van der Waals surface area contributed by atoms with E-state index in [0.717, 1.165) is 33.7 Å². The van der Waals surface area contributed by atoms with Crippen LogP contribution in [0.3, 0.4) is 0 Å². The lowest BCUT2D eigenvalue weighted by Gasteiger charge is -2.13. The number of H-pyrrole nitrogens is 1. The maximum absolute atomic E-state index is 5.93. The molecule has 1 unspecified atom stereocenters. The Balaban J connectivity index is 1.70. The molecule has 0 amide bonds. The van der Waals surface area contributed by atoms with Gasteiger partial charge in [0.25, 0.3) is 0 Å². The minimum absolute atomic E-state index is 0.0955. The number of nitrogens with one attached hydrogen (secondary N) is 1. The van der Waals surface area contributed by atoms with Gasteiger partial charge in [-0.1, -0.05) is 0 Å². The predicted molar refractivity (Wildman–Crippen MR) is 88.2 cm³/mol. The summed E-state index contributed by atoms with van der Waals surface area (Å²) in [5.74, 6) is 2.25. The number of aromatic nitrogens is 5. The zero-order valence-electron chi connectivity index (χ0n) is 12.7. The molecule has 116 valence electrons. The van der Waals surface area contributed by atoms with Crippen LogP contribution in [0.4, 0.5) is 0 Å². The van der Waals surface area contributed by atoms with Gasteiger partial charge in [0.15, 0.2) is 17.3 Å². The second-order valence-corrected chi connectivity index (χ2v) is 6.32. The average molecular weight is 325 g/mol. The molecule has 1 N–H and O–H groups in total. The van der Waals surface area contributed by atoms with Gasteiger partial charge in [-0.25, -0.2) is 9.97 Å². The van der Waals surface area contributed by atoms with E-state index in [9.17, 15) is 0 Å². The van der Waals surface area contributed by atoms with Crippen LogP contribution in [0.15, 0.2) is 46.6 Å². The van der Waals surface area contributed by atoms with Crippen molar-refractivity contribution in [2.24, 2.45) is 0 Å². The molecular formula is C16H15N5OS. The van der Waals surface area contributed by atoms with Crippen LogP contribution >= 0.6 is 11.3 Å². The molecule has 23 heavy (non-hydrogen) atoms. The first kappa shape index (κ1) is 14.0. The van der Waals surface area contributed by atoms with Crippen LogP contribution in [-0.2, 0) is 0 Å². The second kappa shape index (κ2) is 5.51. The third kappa shape index (κ3) is 2.49. The first-order valence-electron chi connectivity index (χ1n) is 7.27. The Bertz CT molecular complexity index is 918. The van der Waals surface area contributed by atoms with Gasteiger partial charge in [-0.3, -0.25) is 5.10 Å². The molecule has 0 saturated heterocycles. The molecule has 0 fully saturated rings. The zero-order valence-corrected chi connectivity index (χ0v) is 13.5. The summed E-state index contributed by atoms with van der Waals surface area (Å²) in [5.41, 5.74) is 1.88. The number of aromatic amines is 1. The van der Waals surface area contributed by atoms with Crippen LogP contribution in [0.25, 0.3) is 23.0 Å². The largest absolute Gasteiger partial charge is 0.451 e. The molecule has 4 heterocycles. The lowest BCUT2D eigenvalue weighted by atomic mass is 10.2. The van der Waals surface area contributed by atoms with E-state index in [1.54, 1.807) is 23.7 Å². The Labute approximate surface area is 136 Å². The van der Waals surface area contributed by atoms with E-state index in [-0.39, 0.29) is 6.04 Å². The Morgan fingerprint density at radius 3 is 2.83 bits per heavy atom. The van der Waals surface area contributed by atoms with Crippen LogP contribution < -0.4 is 0 Å². The third-order valence-corrected chi connectivity index (χ3v) is 4.54. The molecule has 4 rings (SSSR count). The first-order chi connectivity index (χ1) is 11.2. The first-order valence-corrected chi connectivity index (χ1v) is 8.15. The van der Waals surface area contributed by atoms with Crippen LogP contribution in [-0.4, -0.2) is 24.7 Å². The van der Waals surface area contributed by atoms with Crippen LogP contribution in [0, 0.1) is 6.92 Å². The van der Waals surface area contributed by atoms with E-state index in [1.807, 2.05) is 31.3 Å². The van der Waals surface area contributed by atoms with Gasteiger partial charge in [-0.15, -0.1) is 11.3 Å². The summed E-state index contributed by atoms with van der Waals surface area (Å²) in [5, 5.41) is 9.99. The fourth-order valence-corrected chi connectivity index (χ4v) is 3.23. The molecule has 0 aliphatic carbocycles. The highest BCUT2D eigenvalue weighted by molar-refractivity contribution is 7.09. The van der Waals surface area contributed by atoms with Gasteiger partial charge in [0, 0.05) is 24.0 Å². The van der Waals surface area contributed by atoms with E-state index in [0.29, 0.717) is 0 Å². The molecular weight excluding hydrogens is 310 g/mol. The molecule has 0 aliphatic heterocycles. The fourth-order valence-electron chi connectivity index (χ4n) is 2.53. The van der Waals surface area contributed by atoms with Crippen molar-refractivity contribution in [3.05, 3.63) is 52.9 Å². The molecule has 4 aromatic rings. The normalized spacial score (nSPS) is 12.6. The van der Waals surface area contributed by atoms with Crippen molar-refractivity contribution in [1.29, 1.82) is 0 Å². The van der Waals surface area contributed by atoms with Crippen molar-refractivity contribution < 1.29 is 4.42 Å². The van der Waals surface area contributed by atoms with Crippen molar-refractivity contribution in [2.75, 3.05) is 0 Å². The molecule has 4 aromatic heterocycles. The Morgan fingerprint density at radius 1 is 1.22 bits per heavy atom. The minimum atomic E-state index is 0.0955. The van der Waals surface area contributed by atoms with Gasteiger partial charge in [0.1, 0.15) is 5.69 Å². The van der Waals surface area contributed by atoms with E-state index in [4.69, 9.17) is 4.42 Å². The summed E-state index contributed by atoms with van der Waals surface area (Å²) in [6.45, 7) is 4.12. The molecule has 1 atom stereocenters. The number of aryl methyl sites for hydroxylation is 1.